The minimum Gasteiger partial charge on any atom is -0.288 e. The smallest absolute Gasteiger partial charge is 0.288 e. The van der Waals surface area contributed by atoms with Crippen LogP contribution in [0.4, 0.5) is 13.2 Å². The van der Waals surface area contributed by atoms with Gasteiger partial charge in [0.05, 0.1) is 6.54 Å². The van der Waals surface area contributed by atoms with Gasteiger partial charge in [-0.3, -0.25) is 4.90 Å². The number of rotatable bonds is 4. The molecular weight excluding hydrogens is 295 g/mol. The lowest BCUT2D eigenvalue weighted by Gasteiger charge is -2.23. The molecule has 0 unspecified atom stereocenters. The van der Waals surface area contributed by atoms with Gasteiger partial charge in [0.15, 0.2) is 0 Å². The fourth-order valence-corrected chi connectivity index (χ4v) is 2.07. The molecule has 0 aromatic heterocycles. The Morgan fingerprint density at radius 3 is 2.24 bits per heavy atom. The molecule has 0 bridgehead atoms. The minimum absolute atomic E-state index is 0.111. The molecular formula is C12H13BrF3N. The molecule has 0 spiro atoms. The highest BCUT2D eigenvalue weighted by atomic mass is 79.9. The first kappa shape index (κ1) is 12.9. The van der Waals surface area contributed by atoms with Gasteiger partial charge < -0.3 is 0 Å². The summed E-state index contributed by atoms with van der Waals surface area (Å²) in [7, 11) is 0. The second-order valence-corrected chi connectivity index (χ2v) is 5.29. The van der Waals surface area contributed by atoms with Gasteiger partial charge in [0.25, 0.3) is 0 Å². The molecule has 1 aromatic carbocycles. The van der Waals surface area contributed by atoms with E-state index in [1.807, 2.05) is 24.3 Å². The molecule has 1 nitrogen and oxygen atoms in total. The molecule has 1 aliphatic carbocycles. The molecule has 0 saturated heterocycles. The quantitative estimate of drug-likeness (QED) is 0.813. The van der Waals surface area contributed by atoms with E-state index in [0.717, 1.165) is 22.9 Å². The largest absolute Gasteiger partial charge is 0.401 e. The van der Waals surface area contributed by atoms with Gasteiger partial charge in [-0.2, -0.15) is 13.2 Å². The Bertz CT molecular complexity index is 370. The van der Waals surface area contributed by atoms with Crippen molar-refractivity contribution in [3.8, 4) is 0 Å². The van der Waals surface area contributed by atoms with E-state index >= 15 is 0 Å². The fraction of sp³-hybridized carbons (Fsp3) is 0.500. The van der Waals surface area contributed by atoms with Crippen molar-refractivity contribution >= 4 is 15.9 Å². The van der Waals surface area contributed by atoms with Crippen LogP contribution in [0.3, 0.4) is 0 Å². The Morgan fingerprint density at radius 1 is 1.18 bits per heavy atom. The summed E-state index contributed by atoms with van der Waals surface area (Å²) in [6, 6.07) is 7.54. The van der Waals surface area contributed by atoms with Crippen LogP contribution in [0.25, 0.3) is 0 Å². The zero-order valence-corrected chi connectivity index (χ0v) is 10.8. The Hall–Kier alpha value is -0.550. The lowest BCUT2D eigenvalue weighted by atomic mass is 10.2. The first-order valence-corrected chi connectivity index (χ1v) is 6.28. The van der Waals surface area contributed by atoms with Gasteiger partial charge in [0.1, 0.15) is 0 Å². The number of hydrogen-bond acceptors (Lipinski definition) is 1. The highest BCUT2D eigenvalue weighted by Gasteiger charge is 2.37. The molecule has 94 valence electrons. The maximum absolute atomic E-state index is 12.4. The maximum atomic E-state index is 12.4. The van der Waals surface area contributed by atoms with Crippen molar-refractivity contribution in [1.82, 2.24) is 4.90 Å². The molecule has 0 N–H and O–H groups in total. The van der Waals surface area contributed by atoms with Gasteiger partial charge in [-0.25, -0.2) is 0 Å². The average Bonchev–Trinajstić information content (AvgIpc) is 3.01. The summed E-state index contributed by atoms with van der Waals surface area (Å²) in [6.07, 6.45) is -2.35. The monoisotopic (exact) mass is 307 g/mol. The molecule has 17 heavy (non-hydrogen) atoms. The van der Waals surface area contributed by atoms with Crippen LogP contribution in [0.2, 0.25) is 0 Å². The average molecular weight is 308 g/mol. The van der Waals surface area contributed by atoms with Gasteiger partial charge in [-0.1, -0.05) is 28.1 Å². The van der Waals surface area contributed by atoms with E-state index in [-0.39, 0.29) is 6.04 Å². The van der Waals surface area contributed by atoms with Crippen LogP contribution in [0.15, 0.2) is 28.7 Å². The van der Waals surface area contributed by atoms with E-state index in [4.69, 9.17) is 0 Å². The van der Waals surface area contributed by atoms with Crippen LogP contribution >= 0.6 is 15.9 Å². The third-order valence-electron chi connectivity index (χ3n) is 2.74. The number of benzene rings is 1. The zero-order chi connectivity index (χ0) is 12.5. The Kier molecular flexibility index (Phi) is 3.78. The molecule has 1 saturated carbocycles. The first-order chi connectivity index (χ1) is 7.94. The number of nitrogens with zero attached hydrogens (tertiary/aromatic N) is 1. The van der Waals surface area contributed by atoms with Crippen molar-refractivity contribution < 1.29 is 13.2 Å². The summed E-state index contributed by atoms with van der Waals surface area (Å²) in [6.45, 7) is -0.439. The van der Waals surface area contributed by atoms with Crippen LogP contribution in [0, 0.1) is 0 Å². The van der Waals surface area contributed by atoms with Crippen molar-refractivity contribution in [2.45, 2.75) is 31.6 Å². The van der Waals surface area contributed by atoms with Crippen LogP contribution in [-0.2, 0) is 6.54 Å². The van der Waals surface area contributed by atoms with Crippen LogP contribution in [-0.4, -0.2) is 23.7 Å². The second kappa shape index (κ2) is 4.98. The first-order valence-electron chi connectivity index (χ1n) is 5.49. The van der Waals surface area contributed by atoms with Gasteiger partial charge in [0.2, 0.25) is 0 Å². The molecule has 2 rings (SSSR count). The summed E-state index contributed by atoms with van der Waals surface area (Å²) < 4.78 is 38.2. The molecule has 0 amide bonds. The van der Waals surface area contributed by atoms with Gasteiger partial charge in [-0.15, -0.1) is 0 Å². The Labute approximate surface area is 107 Å². The van der Waals surface area contributed by atoms with Gasteiger partial charge >= 0.3 is 6.18 Å². The van der Waals surface area contributed by atoms with Crippen molar-refractivity contribution in [3.05, 3.63) is 34.3 Å². The zero-order valence-electron chi connectivity index (χ0n) is 9.17. The lowest BCUT2D eigenvalue weighted by molar-refractivity contribution is -0.148. The molecule has 1 aromatic rings. The summed E-state index contributed by atoms with van der Waals surface area (Å²) in [5.41, 5.74) is 0.921. The summed E-state index contributed by atoms with van der Waals surface area (Å²) in [5, 5.41) is 0. The van der Waals surface area contributed by atoms with Gasteiger partial charge in [-0.05, 0) is 30.5 Å². The van der Waals surface area contributed by atoms with Crippen LogP contribution < -0.4 is 0 Å². The predicted octanol–water partition coefficient (Wildman–Crippen LogP) is 3.98. The molecule has 1 fully saturated rings. The van der Waals surface area contributed by atoms with Crippen LogP contribution in [0.1, 0.15) is 18.4 Å². The minimum atomic E-state index is -4.11. The van der Waals surface area contributed by atoms with Crippen molar-refractivity contribution in [1.29, 1.82) is 0 Å². The molecule has 1 aliphatic rings. The third-order valence-corrected chi connectivity index (χ3v) is 3.27. The SMILES string of the molecule is FC(F)(F)CN(Cc1ccc(Br)cc1)C1CC1. The van der Waals surface area contributed by atoms with Crippen LogP contribution in [0.5, 0.6) is 0 Å². The standard InChI is InChI=1S/C12H13BrF3N/c13-10-3-1-9(2-4-10)7-17(11-5-6-11)8-12(14,15)16/h1-4,11H,5-8H2. The summed E-state index contributed by atoms with van der Waals surface area (Å²) in [4.78, 5) is 1.52. The summed E-state index contributed by atoms with van der Waals surface area (Å²) in [5.74, 6) is 0. The highest BCUT2D eigenvalue weighted by molar-refractivity contribution is 9.10. The number of halogens is 4. The predicted molar refractivity (Wildman–Crippen MR) is 63.6 cm³/mol. The third kappa shape index (κ3) is 4.32. The number of hydrogen-bond donors (Lipinski definition) is 0. The van der Waals surface area contributed by atoms with Crippen molar-refractivity contribution in [2.75, 3.05) is 6.54 Å². The number of alkyl halides is 3. The van der Waals surface area contributed by atoms with E-state index in [1.54, 1.807) is 0 Å². The van der Waals surface area contributed by atoms with Crippen molar-refractivity contribution in [2.24, 2.45) is 0 Å². The highest BCUT2D eigenvalue weighted by Crippen LogP contribution is 2.31. The normalized spacial score (nSPS) is 16.5. The Morgan fingerprint density at radius 2 is 1.76 bits per heavy atom. The van der Waals surface area contributed by atoms with E-state index in [2.05, 4.69) is 15.9 Å². The van der Waals surface area contributed by atoms with E-state index in [9.17, 15) is 13.2 Å². The van der Waals surface area contributed by atoms with Gasteiger partial charge in [0, 0.05) is 17.1 Å². The van der Waals surface area contributed by atoms with E-state index < -0.39 is 12.7 Å². The fourth-order valence-electron chi connectivity index (χ4n) is 1.81. The van der Waals surface area contributed by atoms with E-state index in [0.29, 0.717) is 6.54 Å². The second-order valence-electron chi connectivity index (χ2n) is 4.38. The topological polar surface area (TPSA) is 3.24 Å². The molecule has 0 heterocycles. The maximum Gasteiger partial charge on any atom is 0.401 e. The Balaban J connectivity index is 2.00. The lowest BCUT2D eigenvalue weighted by Crippen LogP contribution is -2.35. The van der Waals surface area contributed by atoms with E-state index in [1.165, 1.54) is 4.90 Å². The molecule has 0 aliphatic heterocycles. The molecule has 0 atom stereocenters. The molecule has 5 heteroatoms. The molecule has 0 radical (unpaired) electrons. The summed E-state index contributed by atoms with van der Waals surface area (Å²) >= 11 is 3.31. The van der Waals surface area contributed by atoms with Crippen molar-refractivity contribution in [3.63, 3.8) is 0 Å².